The highest BCUT2D eigenvalue weighted by Crippen LogP contribution is 2.34. The maximum atomic E-state index is 13.1. The quantitative estimate of drug-likeness (QED) is 0.303. The molecule has 0 spiro atoms. The summed E-state index contributed by atoms with van der Waals surface area (Å²) >= 11 is 0. The predicted octanol–water partition coefficient (Wildman–Crippen LogP) is -4.49. The fourth-order valence-corrected chi connectivity index (χ4v) is 5.36. The summed E-state index contributed by atoms with van der Waals surface area (Å²) < 4.78 is 11.2. The van der Waals surface area contributed by atoms with Crippen LogP contribution in [0.5, 0.6) is 5.75 Å². The number of morpholine rings is 1. The summed E-state index contributed by atoms with van der Waals surface area (Å²) in [6.07, 6.45) is 0.377. The van der Waals surface area contributed by atoms with E-state index in [9.17, 15) is 19.2 Å². The van der Waals surface area contributed by atoms with Gasteiger partial charge in [0.05, 0.1) is 28.8 Å². The molecule has 40 heavy (non-hydrogen) atoms. The molecule has 0 saturated carbocycles. The molecular formula is C25H19B6N3O6. The van der Waals surface area contributed by atoms with E-state index < -0.39 is 23.2 Å². The summed E-state index contributed by atoms with van der Waals surface area (Å²) in [5.41, 5.74) is 1.18. The van der Waals surface area contributed by atoms with Crippen molar-refractivity contribution in [3.8, 4) is 5.75 Å². The standard InChI is InChI=1S/C25H19B6N3O6/c26-19-13(20(27)22(29)18(21(19)28)25(30,31)34-6-7-39-10-17(34)36)9-40-15-3-1-2-11-12(15)8-33(24(11)38)14-4-5-16(35)32-23(14)37/h1-3,14H,4-10H2,(H,32,35,37). The number of rotatable bonds is 6. The number of fused-ring (bicyclic) bond motifs is 1. The summed E-state index contributed by atoms with van der Waals surface area (Å²) in [5.74, 6) is -1.30. The molecule has 5 rings (SSSR count). The maximum absolute atomic E-state index is 13.1. The number of imide groups is 1. The monoisotopic (exact) mass is 523 g/mol. The molecule has 1 atom stereocenters. The van der Waals surface area contributed by atoms with Crippen molar-refractivity contribution in [1.82, 2.24) is 15.1 Å². The Balaban J connectivity index is 1.41. The van der Waals surface area contributed by atoms with Crippen molar-refractivity contribution in [1.29, 1.82) is 0 Å². The highest BCUT2D eigenvalue weighted by atomic mass is 16.5. The topological polar surface area (TPSA) is 105 Å². The van der Waals surface area contributed by atoms with Crippen molar-refractivity contribution >= 4 is 92.6 Å². The van der Waals surface area contributed by atoms with Crippen molar-refractivity contribution in [3.63, 3.8) is 0 Å². The van der Waals surface area contributed by atoms with Crippen LogP contribution in [0.15, 0.2) is 18.2 Å². The molecule has 1 N–H and O–H groups in total. The zero-order chi connectivity index (χ0) is 28.9. The Morgan fingerprint density at radius 1 is 1.02 bits per heavy atom. The second-order valence-corrected chi connectivity index (χ2v) is 9.90. The van der Waals surface area contributed by atoms with E-state index in [-0.39, 0.29) is 90.5 Å². The van der Waals surface area contributed by atoms with E-state index >= 15 is 0 Å². The fraction of sp³-hybridized carbons (Fsp3) is 0.360. The van der Waals surface area contributed by atoms with E-state index in [1.165, 1.54) is 9.80 Å². The Morgan fingerprint density at radius 2 is 1.73 bits per heavy atom. The summed E-state index contributed by atoms with van der Waals surface area (Å²) in [4.78, 5) is 52.1. The Bertz CT molecular complexity index is 1420. The van der Waals surface area contributed by atoms with Crippen molar-refractivity contribution in [2.24, 2.45) is 0 Å². The average Bonchev–Trinajstić information content (AvgIpc) is 3.24. The number of carbonyl (C=O) groups is 4. The Kier molecular flexibility index (Phi) is 7.46. The molecule has 0 aliphatic carbocycles. The number of hydrogen-bond donors (Lipinski definition) is 1. The Hall–Kier alpha value is -3.33. The first kappa shape index (κ1) is 28.2. The second kappa shape index (κ2) is 10.6. The summed E-state index contributed by atoms with van der Waals surface area (Å²) in [6.45, 7) is 0.0829. The zero-order valence-corrected chi connectivity index (χ0v) is 21.6. The molecule has 12 radical (unpaired) electrons. The number of piperidine rings is 1. The van der Waals surface area contributed by atoms with Gasteiger partial charge in [-0.15, -0.1) is 0 Å². The van der Waals surface area contributed by atoms with Crippen molar-refractivity contribution in [2.75, 3.05) is 19.8 Å². The van der Waals surface area contributed by atoms with Gasteiger partial charge in [0, 0.05) is 24.1 Å². The van der Waals surface area contributed by atoms with E-state index in [0.29, 0.717) is 16.9 Å². The van der Waals surface area contributed by atoms with Crippen LogP contribution in [0.1, 0.15) is 39.9 Å². The first-order valence-corrected chi connectivity index (χ1v) is 12.5. The molecule has 4 amide bonds. The van der Waals surface area contributed by atoms with Gasteiger partial charge in [-0.25, -0.2) is 0 Å². The number of nitrogens with zero attached hydrogens (tertiary/aromatic N) is 2. The summed E-state index contributed by atoms with van der Waals surface area (Å²) in [5, 5.41) is 0.370. The van der Waals surface area contributed by atoms with E-state index in [1.54, 1.807) is 18.2 Å². The first-order chi connectivity index (χ1) is 18.9. The number of benzene rings is 2. The molecule has 2 saturated heterocycles. The van der Waals surface area contributed by atoms with Crippen molar-refractivity contribution in [2.45, 2.75) is 37.4 Å². The minimum atomic E-state index is -1.91. The molecule has 1 unspecified atom stereocenters. The van der Waals surface area contributed by atoms with Crippen LogP contribution >= 0.6 is 0 Å². The van der Waals surface area contributed by atoms with Crippen LogP contribution in [-0.4, -0.2) is 106 Å². The first-order valence-electron chi connectivity index (χ1n) is 12.5. The highest BCUT2D eigenvalue weighted by Gasteiger charge is 2.40. The van der Waals surface area contributed by atoms with Gasteiger partial charge in [-0.2, -0.15) is 0 Å². The molecule has 9 nitrogen and oxygen atoms in total. The lowest BCUT2D eigenvalue weighted by atomic mass is 9.49. The van der Waals surface area contributed by atoms with Gasteiger partial charge < -0.3 is 19.3 Å². The smallest absolute Gasteiger partial charge is 0.255 e. The SMILES string of the molecule is [B]c1c([B])c(C([B])([B])N2CCOCC2=O)c([B])c([B])c1COc1cccc2c1CN(C1CCC(=O)NC1=O)C2=O. The predicted molar refractivity (Wildman–Crippen MR) is 151 cm³/mol. The third-order valence-corrected chi connectivity index (χ3v) is 7.51. The lowest BCUT2D eigenvalue weighted by Gasteiger charge is -2.45. The van der Waals surface area contributed by atoms with Crippen LogP contribution in [0, 0.1) is 0 Å². The lowest BCUT2D eigenvalue weighted by Crippen LogP contribution is -2.62. The molecular weight excluding hydrogens is 503 g/mol. The highest BCUT2D eigenvalue weighted by molar-refractivity contribution is 6.60. The van der Waals surface area contributed by atoms with Crippen LogP contribution in [-0.2, 0) is 37.6 Å². The largest absolute Gasteiger partial charge is 0.489 e. The Labute approximate surface area is 239 Å². The van der Waals surface area contributed by atoms with Crippen LogP contribution < -0.4 is 31.9 Å². The molecule has 2 aromatic rings. The average molecular weight is 522 g/mol. The Morgan fingerprint density at radius 3 is 2.38 bits per heavy atom. The molecule has 3 aliphatic rings. The van der Waals surface area contributed by atoms with E-state index in [4.69, 9.17) is 56.6 Å². The summed E-state index contributed by atoms with van der Waals surface area (Å²) in [6, 6.07) is 4.19. The van der Waals surface area contributed by atoms with Gasteiger partial charge in [-0.1, -0.05) is 33.5 Å². The van der Waals surface area contributed by atoms with Gasteiger partial charge in [0.2, 0.25) is 17.7 Å². The maximum Gasteiger partial charge on any atom is 0.255 e. The number of nitrogens with one attached hydrogen (secondary N) is 1. The number of amides is 4. The molecule has 2 fully saturated rings. The number of ether oxygens (including phenoxy) is 2. The van der Waals surface area contributed by atoms with Crippen LogP contribution in [0.2, 0.25) is 0 Å². The van der Waals surface area contributed by atoms with E-state index in [2.05, 4.69) is 5.32 Å². The number of carbonyl (C=O) groups excluding carboxylic acids is 4. The third kappa shape index (κ3) is 4.68. The summed E-state index contributed by atoms with van der Waals surface area (Å²) in [7, 11) is 38.1. The van der Waals surface area contributed by atoms with Gasteiger partial charge in [-0.05, 0) is 29.5 Å². The zero-order valence-electron chi connectivity index (χ0n) is 21.6. The molecule has 2 aromatic carbocycles. The molecule has 3 heterocycles. The van der Waals surface area contributed by atoms with E-state index in [0.717, 1.165) is 0 Å². The van der Waals surface area contributed by atoms with Crippen LogP contribution in [0.3, 0.4) is 0 Å². The fourth-order valence-electron chi connectivity index (χ4n) is 5.36. The van der Waals surface area contributed by atoms with Crippen LogP contribution in [0.25, 0.3) is 0 Å². The minimum absolute atomic E-state index is 0.00702. The van der Waals surface area contributed by atoms with Gasteiger partial charge in [-0.3, -0.25) is 24.5 Å². The molecule has 15 heteroatoms. The van der Waals surface area contributed by atoms with Crippen LogP contribution in [0.4, 0.5) is 0 Å². The lowest BCUT2D eigenvalue weighted by molar-refractivity contribution is -0.145. The van der Waals surface area contributed by atoms with Gasteiger partial charge >= 0.3 is 0 Å². The third-order valence-electron chi connectivity index (χ3n) is 7.51. The molecule has 188 valence electrons. The van der Waals surface area contributed by atoms with E-state index in [1.807, 2.05) is 0 Å². The second-order valence-electron chi connectivity index (χ2n) is 9.90. The molecule has 0 aromatic heterocycles. The van der Waals surface area contributed by atoms with Gasteiger partial charge in [0.25, 0.3) is 5.91 Å². The van der Waals surface area contributed by atoms with Crippen molar-refractivity contribution in [3.05, 3.63) is 40.5 Å². The van der Waals surface area contributed by atoms with Gasteiger partial charge in [0.15, 0.2) is 0 Å². The normalized spacial score (nSPS) is 19.6. The minimum Gasteiger partial charge on any atom is -0.489 e. The van der Waals surface area contributed by atoms with Gasteiger partial charge in [0.1, 0.15) is 56.4 Å². The number of hydrogen-bond acceptors (Lipinski definition) is 6. The molecule has 0 bridgehead atoms. The molecule has 3 aliphatic heterocycles. The van der Waals surface area contributed by atoms with Crippen molar-refractivity contribution < 1.29 is 28.7 Å².